The Kier molecular flexibility index (Phi) is 13.2. The van der Waals surface area contributed by atoms with Gasteiger partial charge < -0.3 is 40.7 Å². The number of methoxy groups -OCH3 is 1. The number of carboxylic acids is 1. The Morgan fingerprint density at radius 1 is 0.900 bits per heavy atom. The number of primary amides is 1. The minimum Gasteiger partial charge on any atom is -0.495 e. The van der Waals surface area contributed by atoms with Crippen LogP contribution >= 0.6 is 0 Å². The number of nitrogens with zero attached hydrogens (tertiary/aromatic N) is 4. The van der Waals surface area contributed by atoms with E-state index < -0.39 is 29.6 Å². The van der Waals surface area contributed by atoms with Crippen LogP contribution < -0.4 is 35.6 Å². The van der Waals surface area contributed by atoms with Crippen molar-refractivity contribution >= 4 is 35.1 Å². The number of benzene rings is 3. The average molecular weight is 826 g/mol. The maximum Gasteiger partial charge on any atom is 0.303 e. The largest absolute Gasteiger partial charge is 0.495 e. The van der Waals surface area contributed by atoms with Crippen LogP contribution in [0.2, 0.25) is 0 Å². The quantitative estimate of drug-likeness (QED) is 0.165. The number of carbonyl (C=O) groups excluding carboxylic acids is 3. The summed E-state index contributed by atoms with van der Waals surface area (Å²) in [6.45, 7) is 14.3. The van der Waals surface area contributed by atoms with E-state index in [2.05, 4.69) is 59.1 Å². The molecule has 3 aromatic carbocycles. The number of carbonyl (C=O) groups is 4. The van der Waals surface area contributed by atoms with Crippen molar-refractivity contribution in [1.82, 2.24) is 15.5 Å². The topological polar surface area (TPSA) is 191 Å². The highest BCUT2D eigenvalue weighted by Gasteiger charge is 2.64. The number of nitrogens with two attached hydrogens (primary N) is 1. The number of ether oxygens (including phenoxy) is 2. The molecule has 1 unspecified atom stereocenters. The molecule has 60 heavy (non-hydrogen) atoms. The average Bonchev–Trinajstić information content (AvgIpc) is 3.23. The number of piperazine rings is 1. The van der Waals surface area contributed by atoms with E-state index in [1.54, 1.807) is 24.3 Å². The lowest BCUT2D eigenvalue weighted by Gasteiger charge is -2.63. The van der Waals surface area contributed by atoms with Crippen molar-refractivity contribution in [3.63, 3.8) is 0 Å². The van der Waals surface area contributed by atoms with Gasteiger partial charge in [0.05, 0.1) is 18.2 Å². The number of nitrogens with one attached hydrogen (secondary N) is 2. The summed E-state index contributed by atoms with van der Waals surface area (Å²) in [5, 5.41) is 23.9. The number of hydrogen-bond acceptors (Lipinski definition) is 10. The number of rotatable bonds is 15. The van der Waals surface area contributed by atoms with Gasteiger partial charge in [0.15, 0.2) is 0 Å². The van der Waals surface area contributed by atoms with E-state index in [1.807, 2.05) is 24.3 Å². The van der Waals surface area contributed by atoms with Crippen molar-refractivity contribution in [2.24, 2.45) is 22.5 Å². The van der Waals surface area contributed by atoms with Gasteiger partial charge in [0, 0.05) is 92.1 Å². The number of halogens is 1. The lowest BCUT2D eigenvalue weighted by Crippen LogP contribution is -2.74. The van der Waals surface area contributed by atoms with Gasteiger partial charge >= 0.3 is 5.97 Å². The van der Waals surface area contributed by atoms with Gasteiger partial charge in [-0.1, -0.05) is 27.7 Å². The molecule has 0 bridgehead atoms. The predicted octanol–water partition coefficient (Wildman–Crippen LogP) is 4.81. The number of amides is 3. The second kappa shape index (κ2) is 18.2. The van der Waals surface area contributed by atoms with Gasteiger partial charge in [-0.05, 0) is 79.8 Å². The van der Waals surface area contributed by atoms with E-state index in [0.717, 1.165) is 51.3 Å². The number of anilines is 2. The first kappa shape index (κ1) is 43.7. The molecule has 14 nitrogen and oxygen atoms in total. The Labute approximate surface area is 350 Å². The van der Waals surface area contributed by atoms with Crippen molar-refractivity contribution in [2.75, 3.05) is 62.7 Å². The third-order valence-corrected chi connectivity index (χ3v) is 12.5. The zero-order valence-electron chi connectivity index (χ0n) is 35.0. The van der Waals surface area contributed by atoms with E-state index in [1.165, 1.54) is 19.2 Å². The first-order chi connectivity index (χ1) is 28.5. The summed E-state index contributed by atoms with van der Waals surface area (Å²) < 4.78 is 26.9. The summed E-state index contributed by atoms with van der Waals surface area (Å²) in [5.74, 6) is -2.08. The second-order valence-electron chi connectivity index (χ2n) is 17.3. The third kappa shape index (κ3) is 9.60. The summed E-state index contributed by atoms with van der Waals surface area (Å²) in [4.78, 5) is 55.7. The van der Waals surface area contributed by atoms with Crippen molar-refractivity contribution in [1.29, 1.82) is 5.26 Å². The van der Waals surface area contributed by atoms with Crippen LogP contribution in [0.25, 0.3) is 0 Å². The van der Waals surface area contributed by atoms with Crippen LogP contribution in [-0.2, 0) is 9.59 Å². The lowest BCUT2D eigenvalue weighted by atomic mass is 9.49. The van der Waals surface area contributed by atoms with Crippen LogP contribution in [-0.4, -0.2) is 105 Å². The SMILES string of the molecule is COc1cc(OC2C(C)(C)C(NC(=O)c3ccc(N4CCC(CN5CCN(c6ccc(C(=O)NC(CCC(=O)O)C(N)=O)c(F)c6)CC5)CC4)cc3)C2(C)C)ccc1C#N. The molecular weight excluding hydrogens is 770 g/mol. The molecule has 0 radical (unpaired) electrons. The van der Waals surface area contributed by atoms with E-state index in [-0.39, 0.29) is 47.3 Å². The van der Waals surface area contributed by atoms with E-state index in [0.29, 0.717) is 47.3 Å². The Bertz CT molecular complexity index is 2090. The Hall–Kier alpha value is -5.88. The molecule has 2 aliphatic heterocycles. The first-order valence-electron chi connectivity index (χ1n) is 20.5. The molecule has 1 atom stereocenters. The summed E-state index contributed by atoms with van der Waals surface area (Å²) in [6, 6.07) is 18.2. The van der Waals surface area contributed by atoms with Crippen molar-refractivity contribution in [3.8, 4) is 17.6 Å². The van der Waals surface area contributed by atoms with Crippen molar-refractivity contribution < 1.29 is 38.1 Å². The molecule has 2 heterocycles. The normalized spacial score (nSPS) is 20.6. The molecule has 3 fully saturated rings. The summed E-state index contributed by atoms with van der Waals surface area (Å²) in [6.07, 6.45) is 1.36. The highest BCUT2D eigenvalue weighted by molar-refractivity contribution is 5.98. The summed E-state index contributed by atoms with van der Waals surface area (Å²) >= 11 is 0. The number of hydrogen-bond donors (Lipinski definition) is 4. The molecule has 1 saturated carbocycles. The number of piperidine rings is 1. The molecule has 6 rings (SSSR count). The lowest BCUT2D eigenvalue weighted by molar-refractivity contribution is -0.164. The van der Waals surface area contributed by atoms with Crippen LogP contribution in [0.4, 0.5) is 15.8 Å². The molecule has 15 heteroatoms. The van der Waals surface area contributed by atoms with Gasteiger partial charge in [-0.2, -0.15) is 5.26 Å². The van der Waals surface area contributed by atoms with Gasteiger partial charge in [0.25, 0.3) is 11.8 Å². The van der Waals surface area contributed by atoms with Gasteiger partial charge in [0.1, 0.15) is 35.5 Å². The fraction of sp³-hybridized carbons (Fsp3) is 0.489. The van der Waals surface area contributed by atoms with E-state index >= 15 is 4.39 Å². The Balaban J connectivity index is 0.937. The zero-order chi connectivity index (χ0) is 43.4. The molecule has 1 aliphatic carbocycles. The van der Waals surface area contributed by atoms with Crippen molar-refractivity contribution in [2.45, 2.75) is 71.6 Å². The van der Waals surface area contributed by atoms with E-state index in [9.17, 15) is 24.4 Å². The monoisotopic (exact) mass is 825 g/mol. The highest BCUT2D eigenvalue weighted by Crippen LogP contribution is 2.55. The number of aliphatic carboxylic acids is 1. The molecular formula is C45H56FN7O7. The van der Waals surface area contributed by atoms with Gasteiger partial charge in [-0.15, -0.1) is 0 Å². The fourth-order valence-corrected chi connectivity index (χ4v) is 9.41. The summed E-state index contributed by atoms with van der Waals surface area (Å²) in [5.41, 5.74) is 7.14. The fourth-order valence-electron chi connectivity index (χ4n) is 9.41. The maximum absolute atomic E-state index is 15.1. The molecule has 3 amide bonds. The zero-order valence-corrected chi connectivity index (χ0v) is 35.0. The first-order valence-corrected chi connectivity index (χ1v) is 20.5. The minimum atomic E-state index is -1.22. The molecule has 0 aromatic heterocycles. The third-order valence-electron chi connectivity index (χ3n) is 12.5. The predicted molar refractivity (Wildman–Crippen MR) is 225 cm³/mol. The van der Waals surface area contributed by atoms with Gasteiger partial charge in [-0.25, -0.2) is 4.39 Å². The standard InChI is InChI=1S/C45H56FN7O7/c1-44(2)42(45(3,4)43(44)60-33-12-8-30(26-47)37(25-33)59-5)50-40(57)29-6-9-31(10-7-29)52-18-16-28(17-19-52)27-51-20-22-53(23-21-51)32-11-13-34(35(46)24-32)41(58)49-36(39(48)56)14-15-38(54)55/h6-13,24-25,28,36,42-43H,14-23,27H2,1-5H3,(H2,48,56)(H,49,58)(H,50,57)(H,54,55). The molecule has 5 N–H and O–H groups in total. The van der Waals surface area contributed by atoms with Crippen molar-refractivity contribution in [3.05, 3.63) is 83.2 Å². The Morgan fingerprint density at radius 3 is 2.12 bits per heavy atom. The van der Waals surface area contributed by atoms with Gasteiger partial charge in [-0.3, -0.25) is 24.1 Å². The maximum atomic E-state index is 15.1. The van der Waals surface area contributed by atoms with E-state index in [4.69, 9.17) is 20.3 Å². The highest BCUT2D eigenvalue weighted by atomic mass is 19.1. The molecule has 320 valence electrons. The number of nitriles is 1. The minimum absolute atomic E-state index is 0.124. The number of carboxylic acid groups (broad SMARTS) is 1. The van der Waals surface area contributed by atoms with Crippen LogP contribution in [0.1, 0.15) is 79.7 Å². The van der Waals surface area contributed by atoms with Crippen LogP contribution in [0.3, 0.4) is 0 Å². The van der Waals surface area contributed by atoms with Crippen LogP contribution in [0, 0.1) is 33.9 Å². The van der Waals surface area contributed by atoms with Crippen LogP contribution in [0.15, 0.2) is 60.7 Å². The van der Waals surface area contributed by atoms with Crippen LogP contribution in [0.5, 0.6) is 11.5 Å². The smallest absolute Gasteiger partial charge is 0.303 e. The molecule has 2 saturated heterocycles. The Morgan fingerprint density at radius 2 is 1.53 bits per heavy atom. The van der Waals surface area contributed by atoms with Gasteiger partial charge in [0.2, 0.25) is 5.91 Å². The molecule has 3 aliphatic rings. The summed E-state index contributed by atoms with van der Waals surface area (Å²) in [7, 11) is 1.53. The second-order valence-corrected chi connectivity index (χ2v) is 17.3. The molecule has 0 spiro atoms. The molecule has 3 aromatic rings.